The predicted octanol–water partition coefficient (Wildman–Crippen LogP) is 6.05. The van der Waals surface area contributed by atoms with Crippen LogP contribution in [0.3, 0.4) is 0 Å². The molecule has 0 radical (unpaired) electrons. The van der Waals surface area contributed by atoms with Crippen molar-refractivity contribution in [3.05, 3.63) is 95.8 Å². The Hall–Kier alpha value is -3.12. The minimum absolute atomic E-state index is 0.0645. The normalized spacial score (nSPS) is 10.9. The first kappa shape index (κ1) is 25.0. The van der Waals surface area contributed by atoms with E-state index >= 15 is 0 Å². The summed E-state index contributed by atoms with van der Waals surface area (Å²) in [6, 6.07) is 10.6. The van der Waals surface area contributed by atoms with E-state index < -0.39 is 10.8 Å². The van der Waals surface area contributed by atoms with Gasteiger partial charge in [0, 0.05) is 34.6 Å². The molecule has 1 amide bonds. The number of aromatic nitrogens is 4. The van der Waals surface area contributed by atoms with Gasteiger partial charge in [-0.25, -0.2) is 4.68 Å². The van der Waals surface area contributed by atoms with Crippen LogP contribution in [0, 0.1) is 10.1 Å². The second-order valence-corrected chi connectivity index (χ2v) is 9.20. The zero-order valence-corrected chi connectivity index (χ0v) is 21.3. The molecule has 0 unspecified atom stereocenters. The standard InChI is InChI=1S/C21H14BrCl3N6O4/c22-15-10-30(9-12-1-2-13(23)7-16(12)24)28-20(15)26-21(32)18-5-6-29(27-18)11-35-19-4-3-14(31(33)34)8-17(19)25/h1-8,10H,9,11H2,(H,26,28,32). The molecule has 0 aliphatic carbocycles. The molecule has 180 valence electrons. The van der Waals surface area contributed by atoms with Crippen molar-refractivity contribution in [2.75, 3.05) is 5.32 Å². The minimum Gasteiger partial charge on any atom is -0.470 e. The summed E-state index contributed by atoms with van der Waals surface area (Å²) in [5, 5.41) is 23.2. The molecule has 4 aromatic rings. The first-order valence-corrected chi connectivity index (χ1v) is 11.7. The Morgan fingerprint density at radius 1 is 1.09 bits per heavy atom. The number of halogens is 4. The largest absolute Gasteiger partial charge is 0.470 e. The number of ether oxygens (including phenoxy) is 1. The summed E-state index contributed by atoms with van der Waals surface area (Å²) in [7, 11) is 0. The van der Waals surface area contributed by atoms with Gasteiger partial charge < -0.3 is 10.1 Å². The number of hydrogen-bond donors (Lipinski definition) is 1. The van der Waals surface area contributed by atoms with E-state index in [0.717, 1.165) is 5.56 Å². The van der Waals surface area contributed by atoms with Gasteiger partial charge in [-0.15, -0.1) is 0 Å². The number of amides is 1. The van der Waals surface area contributed by atoms with E-state index in [1.165, 1.54) is 28.9 Å². The lowest BCUT2D eigenvalue weighted by Gasteiger charge is -2.07. The maximum absolute atomic E-state index is 12.6. The maximum atomic E-state index is 12.6. The second kappa shape index (κ2) is 10.6. The molecule has 2 aromatic carbocycles. The molecule has 0 atom stereocenters. The van der Waals surface area contributed by atoms with Crippen molar-refractivity contribution in [3.63, 3.8) is 0 Å². The van der Waals surface area contributed by atoms with Crippen LogP contribution in [-0.2, 0) is 13.3 Å². The number of nitrogens with one attached hydrogen (secondary N) is 1. The van der Waals surface area contributed by atoms with Gasteiger partial charge in [0.15, 0.2) is 18.2 Å². The molecular formula is C21H14BrCl3N6O4. The van der Waals surface area contributed by atoms with Crippen LogP contribution in [0.25, 0.3) is 0 Å². The summed E-state index contributed by atoms with van der Waals surface area (Å²) in [6.45, 7) is 0.312. The Morgan fingerprint density at radius 2 is 1.89 bits per heavy atom. The molecule has 10 nitrogen and oxygen atoms in total. The highest BCUT2D eigenvalue weighted by Crippen LogP contribution is 2.29. The van der Waals surface area contributed by atoms with E-state index in [-0.39, 0.29) is 28.9 Å². The first-order valence-electron chi connectivity index (χ1n) is 9.78. The maximum Gasteiger partial charge on any atom is 0.277 e. The van der Waals surface area contributed by atoms with Gasteiger partial charge in [-0.3, -0.25) is 19.6 Å². The van der Waals surface area contributed by atoms with E-state index in [1.54, 1.807) is 35.3 Å². The van der Waals surface area contributed by atoms with Crippen LogP contribution in [0.2, 0.25) is 15.1 Å². The van der Waals surface area contributed by atoms with Crippen molar-refractivity contribution < 1.29 is 14.5 Å². The molecule has 1 N–H and O–H groups in total. The van der Waals surface area contributed by atoms with Crippen molar-refractivity contribution in [1.82, 2.24) is 19.6 Å². The quantitative estimate of drug-likeness (QED) is 0.195. The SMILES string of the molecule is O=C(Nc1nn(Cc2ccc(Cl)cc2Cl)cc1Br)c1ccn(COc2ccc([N+](=O)[O-])cc2Cl)n1. The minimum atomic E-state index is -0.553. The molecular weight excluding hydrogens is 587 g/mol. The fourth-order valence-electron chi connectivity index (χ4n) is 2.97. The Balaban J connectivity index is 1.38. The van der Waals surface area contributed by atoms with Gasteiger partial charge in [-0.05, 0) is 45.8 Å². The molecule has 35 heavy (non-hydrogen) atoms. The Kier molecular flexibility index (Phi) is 7.60. The van der Waals surface area contributed by atoms with Crippen LogP contribution in [0.1, 0.15) is 16.1 Å². The van der Waals surface area contributed by atoms with Crippen molar-refractivity contribution in [2.45, 2.75) is 13.3 Å². The number of non-ortho nitro benzene ring substituents is 1. The number of carbonyl (C=O) groups is 1. The summed E-state index contributed by atoms with van der Waals surface area (Å²) in [5.41, 5.74) is 0.798. The van der Waals surface area contributed by atoms with E-state index in [2.05, 4.69) is 31.4 Å². The highest BCUT2D eigenvalue weighted by molar-refractivity contribution is 9.10. The van der Waals surface area contributed by atoms with Crippen LogP contribution in [0.4, 0.5) is 11.5 Å². The third kappa shape index (κ3) is 6.12. The van der Waals surface area contributed by atoms with Crippen LogP contribution in [0.5, 0.6) is 5.75 Å². The van der Waals surface area contributed by atoms with Gasteiger partial charge in [0.05, 0.1) is 21.0 Å². The fraction of sp³-hybridized carbons (Fsp3) is 0.0952. The van der Waals surface area contributed by atoms with Crippen LogP contribution >= 0.6 is 50.7 Å². The highest BCUT2D eigenvalue weighted by atomic mass is 79.9. The lowest BCUT2D eigenvalue weighted by atomic mass is 10.2. The molecule has 0 bridgehead atoms. The summed E-state index contributed by atoms with van der Waals surface area (Å²) in [4.78, 5) is 22.9. The summed E-state index contributed by atoms with van der Waals surface area (Å²) >= 11 is 21.6. The Labute approximate surface area is 221 Å². The van der Waals surface area contributed by atoms with E-state index in [1.807, 2.05) is 0 Å². The molecule has 14 heteroatoms. The molecule has 2 heterocycles. The molecule has 4 rings (SSSR count). The van der Waals surface area contributed by atoms with Gasteiger partial charge in [-0.1, -0.05) is 40.9 Å². The number of carbonyl (C=O) groups excluding carboxylic acids is 1. The number of anilines is 1. The van der Waals surface area contributed by atoms with E-state index in [4.69, 9.17) is 39.5 Å². The molecule has 0 aliphatic rings. The molecule has 0 saturated heterocycles. The molecule has 0 saturated carbocycles. The number of nitro benzene ring substituents is 1. The third-order valence-corrected chi connectivity index (χ3v) is 6.11. The molecule has 0 fully saturated rings. The Morgan fingerprint density at radius 3 is 2.60 bits per heavy atom. The Bertz CT molecular complexity index is 1420. The topological polar surface area (TPSA) is 117 Å². The monoisotopic (exact) mass is 598 g/mol. The number of nitro groups is 1. The van der Waals surface area contributed by atoms with E-state index in [9.17, 15) is 14.9 Å². The summed E-state index contributed by atoms with van der Waals surface area (Å²) in [5.74, 6) is 0.0742. The third-order valence-electron chi connectivity index (χ3n) is 4.65. The number of nitrogens with zero attached hydrogens (tertiary/aromatic N) is 5. The smallest absolute Gasteiger partial charge is 0.277 e. The summed E-state index contributed by atoms with van der Waals surface area (Å²) in [6.07, 6.45) is 3.26. The van der Waals surface area contributed by atoms with Crippen LogP contribution in [-0.4, -0.2) is 30.4 Å². The van der Waals surface area contributed by atoms with Crippen LogP contribution in [0.15, 0.2) is 59.3 Å². The fourth-order valence-corrected chi connectivity index (χ4v) is 4.08. The van der Waals surface area contributed by atoms with Gasteiger partial charge in [-0.2, -0.15) is 10.2 Å². The van der Waals surface area contributed by atoms with Crippen molar-refractivity contribution in [2.24, 2.45) is 0 Å². The van der Waals surface area contributed by atoms with Gasteiger partial charge in [0.1, 0.15) is 5.75 Å². The van der Waals surface area contributed by atoms with Crippen LogP contribution < -0.4 is 10.1 Å². The average Bonchev–Trinajstić information content (AvgIpc) is 3.41. The number of rotatable bonds is 8. The molecule has 2 aromatic heterocycles. The average molecular weight is 601 g/mol. The van der Waals surface area contributed by atoms with Gasteiger partial charge >= 0.3 is 0 Å². The van der Waals surface area contributed by atoms with Gasteiger partial charge in [0.2, 0.25) is 0 Å². The van der Waals surface area contributed by atoms with Crippen molar-refractivity contribution in [3.8, 4) is 5.75 Å². The number of hydrogen-bond acceptors (Lipinski definition) is 6. The van der Waals surface area contributed by atoms with Gasteiger partial charge in [0.25, 0.3) is 11.6 Å². The first-order chi connectivity index (χ1) is 16.7. The van der Waals surface area contributed by atoms with E-state index in [0.29, 0.717) is 26.9 Å². The predicted molar refractivity (Wildman–Crippen MR) is 134 cm³/mol. The number of benzene rings is 2. The molecule has 0 aliphatic heterocycles. The lowest BCUT2D eigenvalue weighted by Crippen LogP contribution is -2.15. The second-order valence-electron chi connectivity index (χ2n) is 7.10. The molecule has 0 spiro atoms. The highest BCUT2D eigenvalue weighted by Gasteiger charge is 2.16. The van der Waals surface area contributed by atoms with Crippen molar-refractivity contribution >= 4 is 68.1 Å². The zero-order chi connectivity index (χ0) is 25.1. The van der Waals surface area contributed by atoms with Crippen molar-refractivity contribution in [1.29, 1.82) is 0 Å². The lowest BCUT2D eigenvalue weighted by molar-refractivity contribution is -0.384. The zero-order valence-electron chi connectivity index (χ0n) is 17.5. The summed E-state index contributed by atoms with van der Waals surface area (Å²) < 4.78 is 9.11.